The number of nitrogens with zero attached hydrogens (tertiary/aromatic N) is 1. The van der Waals surface area contributed by atoms with E-state index in [0.717, 1.165) is 18.7 Å². The van der Waals surface area contributed by atoms with Crippen molar-refractivity contribution in [2.45, 2.75) is 52.5 Å². The molecule has 0 bridgehead atoms. The van der Waals surface area contributed by atoms with Gasteiger partial charge in [-0.05, 0) is 37.4 Å². The summed E-state index contributed by atoms with van der Waals surface area (Å²) in [6, 6.07) is 7.03. The lowest BCUT2D eigenvalue weighted by atomic mass is 9.89. The standard InChI is InChI=1S/C18H31FN2/c1-5-15(6-2)13-21(7-3)18(4,14-20)12-16-10-8-9-11-17(16)19/h8-11,15H,5-7,12-14,20H2,1-4H3. The average Bonchev–Trinajstić information content (AvgIpc) is 2.50. The van der Waals surface area contributed by atoms with Crippen molar-refractivity contribution >= 4 is 0 Å². The van der Waals surface area contributed by atoms with Crippen molar-refractivity contribution in [2.75, 3.05) is 19.6 Å². The number of hydrogen-bond acceptors (Lipinski definition) is 2. The molecule has 0 aliphatic carbocycles. The van der Waals surface area contributed by atoms with Gasteiger partial charge in [-0.15, -0.1) is 0 Å². The molecule has 2 nitrogen and oxygen atoms in total. The maximum Gasteiger partial charge on any atom is 0.126 e. The first-order valence-corrected chi connectivity index (χ1v) is 8.19. The number of halogens is 1. The maximum atomic E-state index is 14.0. The first-order valence-electron chi connectivity index (χ1n) is 8.19. The van der Waals surface area contributed by atoms with E-state index in [1.807, 2.05) is 12.1 Å². The summed E-state index contributed by atoms with van der Waals surface area (Å²) in [6.45, 7) is 11.3. The van der Waals surface area contributed by atoms with Crippen molar-refractivity contribution in [3.05, 3.63) is 35.6 Å². The Morgan fingerprint density at radius 1 is 1.19 bits per heavy atom. The second-order valence-electron chi connectivity index (χ2n) is 6.19. The molecular weight excluding hydrogens is 263 g/mol. The number of benzene rings is 1. The van der Waals surface area contributed by atoms with Gasteiger partial charge in [0.05, 0.1) is 0 Å². The SMILES string of the molecule is CCC(CC)CN(CC)C(C)(CN)Cc1ccccc1F. The van der Waals surface area contributed by atoms with Gasteiger partial charge in [-0.2, -0.15) is 0 Å². The third kappa shape index (κ3) is 4.79. The summed E-state index contributed by atoms with van der Waals surface area (Å²) >= 11 is 0. The molecule has 1 aromatic rings. The molecule has 120 valence electrons. The van der Waals surface area contributed by atoms with Crippen LogP contribution in [0, 0.1) is 11.7 Å². The van der Waals surface area contributed by atoms with Crippen LogP contribution >= 0.6 is 0 Å². The zero-order valence-electron chi connectivity index (χ0n) is 14.0. The normalized spacial score (nSPS) is 14.7. The van der Waals surface area contributed by atoms with Crippen LogP contribution in [0.25, 0.3) is 0 Å². The van der Waals surface area contributed by atoms with Gasteiger partial charge in [0.1, 0.15) is 5.82 Å². The van der Waals surface area contributed by atoms with Crippen LogP contribution in [0.5, 0.6) is 0 Å². The predicted octanol–water partition coefficient (Wildman–Crippen LogP) is 3.84. The topological polar surface area (TPSA) is 29.3 Å². The molecule has 0 spiro atoms. The zero-order valence-corrected chi connectivity index (χ0v) is 14.0. The smallest absolute Gasteiger partial charge is 0.126 e. The Morgan fingerprint density at radius 3 is 2.29 bits per heavy atom. The highest BCUT2D eigenvalue weighted by molar-refractivity contribution is 5.20. The molecule has 0 saturated carbocycles. The van der Waals surface area contributed by atoms with E-state index in [-0.39, 0.29) is 11.4 Å². The van der Waals surface area contributed by atoms with Gasteiger partial charge in [0.25, 0.3) is 0 Å². The molecule has 0 saturated heterocycles. The molecule has 1 aromatic carbocycles. The van der Waals surface area contributed by atoms with Crippen molar-refractivity contribution in [1.82, 2.24) is 4.90 Å². The van der Waals surface area contributed by atoms with Gasteiger partial charge in [-0.3, -0.25) is 4.90 Å². The van der Waals surface area contributed by atoms with Crippen molar-refractivity contribution in [2.24, 2.45) is 11.7 Å². The van der Waals surface area contributed by atoms with Crippen molar-refractivity contribution in [3.8, 4) is 0 Å². The Hall–Kier alpha value is -0.930. The number of nitrogens with two attached hydrogens (primary N) is 1. The number of rotatable bonds is 9. The van der Waals surface area contributed by atoms with E-state index in [0.29, 0.717) is 18.9 Å². The second-order valence-corrected chi connectivity index (χ2v) is 6.19. The third-order valence-corrected chi connectivity index (χ3v) is 4.75. The molecule has 1 rings (SSSR count). The lowest BCUT2D eigenvalue weighted by Crippen LogP contribution is -2.54. The van der Waals surface area contributed by atoms with Crippen LogP contribution < -0.4 is 5.73 Å². The molecule has 0 heterocycles. The Labute approximate surface area is 129 Å². The van der Waals surface area contributed by atoms with E-state index in [2.05, 4.69) is 32.6 Å². The molecule has 3 heteroatoms. The average molecular weight is 294 g/mol. The largest absolute Gasteiger partial charge is 0.329 e. The van der Waals surface area contributed by atoms with Crippen LogP contribution in [0.3, 0.4) is 0 Å². The van der Waals surface area contributed by atoms with Gasteiger partial charge in [0.2, 0.25) is 0 Å². The van der Waals surface area contributed by atoms with E-state index in [1.165, 1.54) is 18.9 Å². The first-order chi connectivity index (χ1) is 10.0. The number of hydrogen-bond donors (Lipinski definition) is 1. The Kier molecular flexibility index (Phi) is 7.33. The van der Waals surface area contributed by atoms with Crippen LogP contribution in [0.15, 0.2) is 24.3 Å². The van der Waals surface area contributed by atoms with Crippen LogP contribution in [0.4, 0.5) is 4.39 Å². The predicted molar refractivity (Wildman–Crippen MR) is 88.9 cm³/mol. The van der Waals surface area contributed by atoms with E-state index in [1.54, 1.807) is 6.07 Å². The fraction of sp³-hybridized carbons (Fsp3) is 0.667. The summed E-state index contributed by atoms with van der Waals surface area (Å²) < 4.78 is 14.0. The number of likely N-dealkylation sites (N-methyl/N-ethyl adjacent to an activating group) is 1. The van der Waals surface area contributed by atoms with Gasteiger partial charge in [-0.1, -0.05) is 51.8 Å². The molecule has 0 aliphatic rings. The third-order valence-electron chi connectivity index (χ3n) is 4.75. The molecule has 0 amide bonds. The molecule has 0 fully saturated rings. The van der Waals surface area contributed by atoms with Gasteiger partial charge in [-0.25, -0.2) is 4.39 Å². The molecule has 2 N–H and O–H groups in total. The van der Waals surface area contributed by atoms with E-state index >= 15 is 0 Å². The second kappa shape index (κ2) is 8.50. The monoisotopic (exact) mass is 294 g/mol. The summed E-state index contributed by atoms with van der Waals surface area (Å²) in [6.07, 6.45) is 3.00. The van der Waals surface area contributed by atoms with Gasteiger partial charge in [0.15, 0.2) is 0 Å². The quantitative estimate of drug-likeness (QED) is 0.749. The summed E-state index contributed by atoms with van der Waals surface area (Å²) in [4.78, 5) is 2.43. The first kappa shape index (κ1) is 18.1. The highest BCUT2D eigenvalue weighted by Crippen LogP contribution is 2.24. The van der Waals surface area contributed by atoms with Crippen LogP contribution in [0.2, 0.25) is 0 Å². The van der Waals surface area contributed by atoms with Gasteiger partial charge < -0.3 is 5.73 Å². The molecule has 0 aliphatic heterocycles. The molecule has 0 radical (unpaired) electrons. The van der Waals surface area contributed by atoms with E-state index in [9.17, 15) is 4.39 Å². The van der Waals surface area contributed by atoms with Crippen molar-refractivity contribution in [1.29, 1.82) is 0 Å². The summed E-state index contributed by atoms with van der Waals surface area (Å²) in [5.41, 5.74) is 6.64. The molecule has 0 aromatic heterocycles. The molecule has 1 atom stereocenters. The Morgan fingerprint density at radius 2 is 1.81 bits per heavy atom. The van der Waals surface area contributed by atoms with E-state index in [4.69, 9.17) is 5.73 Å². The Bertz CT molecular complexity index is 417. The molecular formula is C18H31FN2. The van der Waals surface area contributed by atoms with Crippen LogP contribution in [-0.2, 0) is 6.42 Å². The van der Waals surface area contributed by atoms with Crippen LogP contribution in [0.1, 0.15) is 46.1 Å². The van der Waals surface area contributed by atoms with Crippen LogP contribution in [-0.4, -0.2) is 30.1 Å². The lowest BCUT2D eigenvalue weighted by Gasteiger charge is -2.42. The summed E-state index contributed by atoms with van der Waals surface area (Å²) in [5.74, 6) is 0.548. The van der Waals surface area contributed by atoms with Crippen molar-refractivity contribution in [3.63, 3.8) is 0 Å². The summed E-state index contributed by atoms with van der Waals surface area (Å²) in [5, 5.41) is 0. The minimum atomic E-state index is -0.195. The fourth-order valence-electron chi connectivity index (χ4n) is 2.95. The molecule has 1 unspecified atom stereocenters. The van der Waals surface area contributed by atoms with Gasteiger partial charge in [0, 0.05) is 18.6 Å². The van der Waals surface area contributed by atoms with E-state index < -0.39 is 0 Å². The Balaban J connectivity index is 2.92. The lowest BCUT2D eigenvalue weighted by molar-refractivity contribution is 0.0929. The van der Waals surface area contributed by atoms with Gasteiger partial charge >= 0.3 is 0 Å². The highest BCUT2D eigenvalue weighted by Gasteiger charge is 2.31. The maximum absolute atomic E-state index is 14.0. The highest BCUT2D eigenvalue weighted by atomic mass is 19.1. The minimum Gasteiger partial charge on any atom is -0.329 e. The zero-order chi connectivity index (χ0) is 15.9. The summed E-state index contributed by atoms with van der Waals surface area (Å²) in [7, 11) is 0. The molecule has 21 heavy (non-hydrogen) atoms. The van der Waals surface area contributed by atoms with Crippen molar-refractivity contribution < 1.29 is 4.39 Å². The minimum absolute atomic E-state index is 0.129. The fourth-order valence-corrected chi connectivity index (χ4v) is 2.95.